The van der Waals surface area contributed by atoms with Crippen molar-refractivity contribution in [2.75, 3.05) is 11.1 Å². The molecule has 0 saturated carbocycles. The molecule has 3 nitrogen and oxygen atoms in total. The lowest BCUT2D eigenvalue weighted by Gasteiger charge is -2.12. The fraction of sp³-hybridized carbons (Fsp3) is 0.0714. The third-order valence-electron chi connectivity index (χ3n) is 2.65. The summed E-state index contributed by atoms with van der Waals surface area (Å²) in [5, 5.41) is 11.8. The number of nitriles is 1. The van der Waals surface area contributed by atoms with Gasteiger partial charge in [0.15, 0.2) is 0 Å². The number of hydrogen-bond donors (Lipinski definition) is 2. The Bertz CT molecular complexity index is 629. The molecule has 0 aliphatic rings. The Morgan fingerprint density at radius 1 is 1.17 bits per heavy atom. The summed E-state index contributed by atoms with van der Waals surface area (Å²) in [6, 6.07) is 11.5. The lowest BCUT2D eigenvalue weighted by molar-refractivity contribution is 0.628. The molecule has 0 unspecified atom stereocenters. The number of hydrogen-bond acceptors (Lipinski definition) is 3. The summed E-state index contributed by atoms with van der Waals surface area (Å²) in [6.45, 7) is 1.88. The first-order valence-electron chi connectivity index (χ1n) is 5.43. The van der Waals surface area contributed by atoms with E-state index >= 15 is 0 Å². The maximum absolute atomic E-state index is 13.2. The van der Waals surface area contributed by atoms with Gasteiger partial charge in [0.1, 0.15) is 5.82 Å². The smallest absolute Gasteiger partial charge is 0.125 e. The van der Waals surface area contributed by atoms with Crippen LogP contribution in [0.25, 0.3) is 0 Å². The van der Waals surface area contributed by atoms with Crippen LogP contribution in [0.1, 0.15) is 11.1 Å². The third kappa shape index (κ3) is 2.41. The van der Waals surface area contributed by atoms with E-state index in [0.29, 0.717) is 22.6 Å². The van der Waals surface area contributed by atoms with Crippen LogP contribution in [0.4, 0.5) is 21.5 Å². The van der Waals surface area contributed by atoms with Crippen molar-refractivity contribution < 1.29 is 4.39 Å². The Balaban J connectivity index is 2.34. The number of nitrogens with two attached hydrogens (primary N) is 1. The molecular weight excluding hydrogens is 229 g/mol. The van der Waals surface area contributed by atoms with E-state index in [9.17, 15) is 4.39 Å². The van der Waals surface area contributed by atoms with Crippen LogP contribution in [-0.2, 0) is 0 Å². The average molecular weight is 241 g/mol. The van der Waals surface area contributed by atoms with E-state index in [1.807, 2.05) is 13.0 Å². The van der Waals surface area contributed by atoms with Crippen molar-refractivity contribution in [3.8, 4) is 6.07 Å². The van der Waals surface area contributed by atoms with Crippen LogP contribution in [0.5, 0.6) is 0 Å². The van der Waals surface area contributed by atoms with Gasteiger partial charge in [-0.25, -0.2) is 4.39 Å². The van der Waals surface area contributed by atoms with Gasteiger partial charge >= 0.3 is 0 Å². The largest absolute Gasteiger partial charge is 0.397 e. The molecule has 4 heteroatoms. The molecule has 0 bridgehead atoms. The second-order valence-electron chi connectivity index (χ2n) is 4.00. The summed E-state index contributed by atoms with van der Waals surface area (Å²) >= 11 is 0. The average Bonchev–Trinajstić information content (AvgIpc) is 2.36. The SMILES string of the molecule is Cc1ccc(F)cc1Nc1ccc(C#N)cc1N. The van der Waals surface area contributed by atoms with E-state index in [0.717, 1.165) is 5.56 Å². The van der Waals surface area contributed by atoms with Crippen molar-refractivity contribution in [3.63, 3.8) is 0 Å². The fourth-order valence-electron chi connectivity index (χ4n) is 1.62. The summed E-state index contributed by atoms with van der Waals surface area (Å²) in [5.41, 5.74) is 9.01. The lowest BCUT2D eigenvalue weighted by atomic mass is 10.1. The van der Waals surface area contributed by atoms with Crippen molar-refractivity contribution in [2.45, 2.75) is 6.92 Å². The number of nitrogens with one attached hydrogen (secondary N) is 1. The monoisotopic (exact) mass is 241 g/mol. The van der Waals surface area contributed by atoms with Gasteiger partial charge in [0, 0.05) is 5.69 Å². The van der Waals surface area contributed by atoms with Gasteiger partial charge in [-0.05, 0) is 42.8 Å². The molecule has 0 radical (unpaired) electrons. The molecule has 0 aliphatic carbocycles. The summed E-state index contributed by atoms with van der Waals surface area (Å²) in [6.07, 6.45) is 0. The maximum Gasteiger partial charge on any atom is 0.125 e. The Morgan fingerprint density at radius 2 is 1.94 bits per heavy atom. The third-order valence-corrected chi connectivity index (χ3v) is 2.65. The number of nitrogens with zero attached hydrogens (tertiary/aromatic N) is 1. The first-order chi connectivity index (χ1) is 8.60. The summed E-state index contributed by atoms with van der Waals surface area (Å²) in [7, 11) is 0. The minimum absolute atomic E-state index is 0.310. The highest BCUT2D eigenvalue weighted by Crippen LogP contribution is 2.26. The first kappa shape index (κ1) is 11.9. The molecule has 90 valence electrons. The highest BCUT2D eigenvalue weighted by molar-refractivity contribution is 5.75. The van der Waals surface area contributed by atoms with Crippen molar-refractivity contribution in [2.24, 2.45) is 0 Å². The Kier molecular flexibility index (Phi) is 3.16. The van der Waals surface area contributed by atoms with E-state index in [1.54, 1.807) is 24.3 Å². The molecule has 0 atom stereocenters. The predicted molar refractivity (Wildman–Crippen MR) is 70.0 cm³/mol. The lowest BCUT2D eigenvalue weighted by Crippen LogP contribution is -1.98. The van der Waals surface area contributed by atoms with Crippen molar-refractivity contribution in [3.05, 3.63) is 53.3 Å². The van der Waals surface area contributed by atoms with Gasteiger partial charge in [-0.1, -0.05) is 6.07 Å². The Labute approximate surface area is 105 Å². The quantitative estimate of drug-likeness (QED) is 0.793. The summed E-state index contributed by atoms with van der Waals surface area (Å²) in [4.78, 5) is 0. The van der Waals surface area contributed by atoms with Gasteiger partial charge in [0.25, 0.3) is 0 Å². The second kappa shape index (κ2) is 4.76. The van der Waals surface area contributed by atoms with Crippen LogP contribution in [0, 0.1) is 24.1 Å². The molecule has 2 aromatic rings. The van der Waals surface area contributed by atoms with Gasteiger partial charge in [-0.3, -0.25) is 0 Å². The summed E-state index contributed by atoms with van der Waals surface area (Å²) < 4.78 is 13.2. The molecule has 0 aliphatic heterocycles. The van der Waals surface area contributed by atoms with E-state index in [2.05, 4.69) is 5.32 Å². The van der Waals surface area contributed by atoms with Crippen molar-refractivity contribution in [1.82, 2.24) is 0 Å². The molecule has 2 rings (SSSR count). The number of aryl methyl sites for hydroxylation is 1. The molecular formula is C14H12FN3. The maximum atomic E-state index is 13.2. The molecule has 0 amide bonds. The minimum Gasteiger partial charge on any atom is -0.397 e. The molecule has 0 saturated heterocycles. The molecule has 0 fully saturated rings. The zero-order chi connectivity index (χ0) is 13.1. The van der Waals surface area contributed by atoms with Gasteiger partial charge in [0.05, 0.1) is 23.0 Å². The molecule has 3 N–H and O–H groups in total. The Hall–Kier alpha value is -2.54. The standard InChI is InChI=1S/C14H12FN3/c1-9-2-4-11(15)7-14(9)18-13-5-3-10(8-16)6-12(13)17/h2-7,18H,17H2,1H3. The topological polar surface area (TPSA) is 61.8 Å². The van der Waals surface area contributed by atoms with Crippen LogP contribution in [0.2, 0.25) is 0 Å². The Morgan fingerprint density at radius 3 is 2.61 bits per heavy atom. The summed E-state index contributed by atoms with van der Waals surface area (Å²) in [5.74, 6) is -0.310. The number of rotatable bonds is 2. The molecule has 2 aromatic carbocycles. The van der Waals surface area contributed by atoms with Crippen molar-refractivity contribution in [1.29, 1.82) is 5.26 Å². The van der Waals surface area contributed by atoms with Crippen LogP contribution in [0.15, 0.2) is 36.4 Å². The van der Waals surface area contributed by atoms with E-state index in [4.69, 9.17) is 11.0 Å². The minimum atomic E-state index is -0.310. The van der Waals surface area contributed by atoms with Crippen LogP contribution >= 0.6 is 0 Å². The molecule has 0 heterocycles. The highest BCUT2D eigenvalue weighted by Gasteiger charge is 2.04. The molecule has 18 heavy (non-hydrogen) atoms. The van der Waals surface area contributed by atoms with Gasteiger partial charge in [-0.15, -0.1) is 0 Å². The van der Waals surface area contributed by atoms with Gasteiger partial charge < -0.3 is 11.1 Å². The second-order valence-corrected chi connectivity index (χ2v) is 4.00. The number of halogens is 1. The van der Waals surface area contributed by atoms with E-state index in [1.165, 1.54) is 12.1 Å². The van der Waals surface area contributed by atoms with E-state index in [-0.39, 0.29) is 5.82 Å². The van der Waals surface area contributed by atoms with Crippen LogP contribution < -0.4 is 11.1 Å². The number of anilines is 3. The number of benzene rings is 2. The fourth-order valence-corrected chi connectivity index (χ4v) is 1.62. The zero-order valence-corrected chi connectivity index (χ0v) is 9.87. The zero-order valence-electron chi connectivity index (χ0n) is 9.87. The molecule has 0 aromatic heterocycles. The predicted octanol–water partition coefficient (Wildman–Crippen LogP) is 3.33. The number of nitrogen functional groups attached to an aromatic ring is 1. The van der Waals surface area contributed by atoms with Crippen LogP contribution in [-0.4, -0.2) is 0 Å². The van der Waals surface area contributed by atoms with Gasteiger partial charge in [-0.2, -0.15) is 5.26 Å². The normalized spacial score (nSPS) is 9.83. The highest BCUT2D eigenvalue weighted by atomic mass is 19.1. The first-order valence-corrected chi connectivity index (χ1v) is 5.43. The van der Waals surface area contributed by atoms with Crippen LogP contribution in [0.3, 0.4) is 0 Å². The molecule has 0 spiro atoms. The van der Waals surface area contributed by atoms with Crippen molar-refractivity contribution >= 4 is 17.1 Å². The van der Waals surface area contributed by atoms with E-state index < -0.39 is 0 Å². The van der Waals surface area contributed by atoms with Gasteiger partial charge in [0.2, 0.25) is 0 Å².